The van der Waals surface area contributed by atoms with Crippen LogP contribution in [0.3, 0.4) is 0 Å². The molecule has 0 aliphatic carbocycles. The van der Waals surface area contributed by atoms with Gasteiger partial charge in [-0.05, 0) is 43.3 Å². The fourth-order valence-corrected chi connectivity index (χ4v) is 5.15. The van der Waals surface area contributed by atoms with Crippen LogP contribution in [0.25, 0.3) is 27.5 Å². The van der Waals surface area contributed by atoms with Crippen LogP contribution in [-0.4, -0.2) is 52.0 Å². The Hall–Kier alpha value is -3.54. The maximum atomic E-state index is 13.6. The molecule has 166 valence electrons. The molecule has 4 heterocycles. The summed E-state index contributed by atoms with van der Waals surface area (Å²) in [4.78, 5) is 27.7. The molecule has 0 spiro atoms. The largest absolute Gasteiger partial charge is 0.353 e. The molecule has 0 radical (unpaired) electrons. The molecule has 0 atom stereocenters. The topological polar surface area (TPSA) is 77.5 Å². The zero-order chi connectivity index (χ0) is 22.9. The number of fused-ring (bicyclic) bond motifs is 2. The zero-order valence-corrected chi connectivity index (χ0v) is 19.5. The summed E-state index contributed by atoms with van der Waals surface area (Å²) >= 11 is 1.45. The normalized spacial score (nSPS) is 15.3. The van der Waals surface area contributed by atoms with Gasteiger partial charge in [-0.25, -0.2) is 9.97 Å². The van der Waals surface area contributed by atoms with Crippen molar-refractivity contribution in [3.8, 4) is 6.07 Å². The van der Waals surface area contributed by atoms with E-state index in [0.717, 1.165) is 48.5 Å². The highest BCUT2D eigenvalue weighted by Crippen LogP contribution is 2.29. The average Bonchev–Trinajstić information content (AvgIpc) is 3.28. The van der Waals surface area contributed by atoms with Gasteiger partial charge in [0.15, 0.2) is 0 Å². The number of thiazole rings is 1. The summed E-state index contributed by atoms with van der Waals surface area (Å²) in [5.74, 6) is 0.638. The maximum Gasteiger partial charge on any atom is 0.267 e. The number of nitriles is 1. The van der Waals surface area contributed by atoms with Crippen molar-refractivity contribution in [2.24, 2.45) is 0 Å². The second-order valence-electron chi connectivity index (χ2n) is 8.12. The fourth-order valence-electron chi connectivity index (χ4n) is 4.22. The number of likely N-dealkylation sites (N-methyl/N-ethyl adjacent to an activating group) is 1. The molecule has 7 nitrogen and oxygen atoms in total. The van der Waals surface area contributed by atoms with Gasteiger partial charge in [0, 0.05) is 32.4 Å². The molecule has 1 aliphatic heterocycles. The number of hydrogen-bond acceptors (Lipinski definition) is 7. The number of anilines is 1. The van der Waals surface area contributed by atoms with Crippen molar-refractivity contribution in [3.05, 3.63) is 69.1 Å². The van der Waals surface area contributed by atoms with Crippen LogP contribution in [0, 0.1) is 18.3 Å². The van der Waals surface area contributed by atoms with Crippen LogP contribution in [0.5, 0.6) is 0 Å². The molecule has 1 fully saturated rings. The highest BCUT2D eigenvalue weighted by molar-refractivity contribution is 7.19. The number of nitrogens with zero attached hydrogens (tertiary/aromatic N) is 6. The Labute approximate surface area is 195 Å². The van der Waals surface area contributed by atoms with Crippen molar-refractivity contribution < 1.29 is 0 Å². The minimum absolute atomic E-state index is 0.175. The van der Waals surface area contributed by atoms with E-state index in [9.17, 15) is 10.1 Å². The first kappa shape index (κ1) is 21.3. The van der Waals surface area contributed by atoms with E-state index in [1.54, 1.807) is 16.7 Å². The van der Waals surface area contributed by atoms with Crippen molar-refractivity contribution in [2.45, 2.75) is 13.8 Å². The minimum atomic E-state index is -0.175. The number of piperazine rings is 1. The molecule has 33 heavy (non-hydrogen) atoms. The number of hydrogen-bond donors (Lipinski definition) is 0. The summed E-state index contributed by atoms with van der Waals surface area (Å²) in [6.07, 6.45) is 3.40. The van der Waals surface area contributed by atoms with E-state index in [4.69, 9.17) is 4.98 Å². The Bertz CT molecular complexity index is 1440. The molecule has 1 saturated heterocycles. The van der Waals surface area contributed by atoms with Gasteiger partial charge in [-0.3, -0.25) is 9.20 Å². The third-order valence-corrected chi connectivity index (χ3v) is 7.19. The Balaban J connectivity index is 1.69. The first-order valence-electron chi connectivity index (χ1n) is 11.1. The first-order chi connectivity index (χ1) is 16.1. The molecule has 1 aliphatic rings. The summed E-state index contributed by atoms with van der Waals surface area (Å²) in [6.45, 7) is 8.51. The van der Waals surface area contributed by atoms with Crippen molar-refractivity contribution >= 4 is 44.7 Å². The number of aryl methyl sites for hydroxylation is 1. The predicted molar refractivity (Wildman–Crippen MR) is 134 cm³/mol. The van der Waals surface area contributed by atoms with Crippen LogP contribution in [0.4, 0.5) is 5.82 Å². The molecular formula is C25H24N6OS. The van der Waals surface area contributed by atoms with Crippen molar-refractivity contribution in [1.29, 1.82) is 5.26 Å². The van der Waals surface area contributed by atoms with Gasteiger partial charge in [-0.1, -0.05) is 25.1 Å². The molecule has 4 aromatic rings. The summed E-state index contributed by atoms with van der Waals surface area (Å²) in [5, 5.41) is 10.6. The minimum Gasteiger partial charge on any atom is -0.353 e. The fraction of sp³-hybridized carbons (Fsp3) is 0.280. The molecule has 0 bridgehead atoms. The Morgan fingerprint density at radius 2 is 1.94 bits per heavy atom. The number of pyridine rings is 1. The summed E-state index contributed by atoms with van der Waals surface area (Å²) in [5.41, 5.74) is 3.05. The second-order valence-corrected chi connectivity index (χ2v) is 9.15. The SMILES string of the molecule is CCN1CCN(c2nc3c(C)cccn3c(=O)c2/C=C(\C#N)c2nc3ccccc3s2)CC1. The Morgan fingerprint density at radius 1 is 1.15 bits per heavy atom. The lowest BCUT2D eigenvalue weighted by molar-refractivity contribution is 0.270. The van der Waals surface area contributed by atoms with E-state index in [-0.39, 0.29) is 5.56 Å². The van der Waals surface area contributed by atoms with Gasteiger partial charge in [0.25, 0.3) is 5.56 Å². The molecule has 0 N–H and O–H groups in total. The number of rotatable bonds is 4. The highest BCUT2D eigenvalue weighted by Gasteiger charge is 2.23. The smallest absolute Gasteiger partial charge is 0.267 e. The van der Waals surface area contributed by atoms with E-state index in [2.05, 4.69) is 27.8 Å². The van der Waals surface area contributed by atoms with E-state index >= 15 is 0 Å². The molecule has 8 heteroatoms. The highest BCUT2D eigenvalue weighted by atomic mass is 32.1. The van der Waals surface area contributed by atoms with Crippen LogP contribution in [0.15, 0.2) is 47.4 Å². The van der Waals surface area contributed by atoms with Crippen LogP contribution in [0.1, 0.15) is 23.1 Å². The third kappa shape index (κ3) is 3.90. The maximum absolute atomic E-state index is 13.6. The van der Waals surface area contributed by atoms with Gasteiger partial charge in [-0.15, -0.1) is 11.3 Å². The quantitative estimate of drug-likeness (QED) is 0.435. The van der Waals surface area contributed by atoms with E-state index < -0.39 is 0 Å². The van der Waals surface area contributed by atoms with Crippen LogP contribution in [-0.2, 0) is 0 Å². The molecule has 0 amide bonds. The van der Waals surface area contributed by atoms with Gasteiger partial charge < -0.3 is 9.80 Å². The van der Waals surface area contributed by atoms with Gasteiger partial charge in [-0.2, -0.15) is 5.26 Å². The first-order valence-corrected chi connectivity index (χ1v) is 11.9. The summed E-state index contributed by atoms with van der Waals surface area (Å²) < 4.78 is 2.58. The van der Waals surface area contributed by atoms with Crippen molar-refractivity contribution in [2.75, 3.05) is 37.6 Å². The predicted octanol–water partition coefficient (Wildman–Crippen LogP) is 3.82. The van der Waals surface area contributed by atoms with Gasteiger partial charge >= 0.3 is 0 Å². The van der Waals surface area contributed by atoms with Gasteiger partial charge in [0.1, 0.15) is 22.5 Å². The van der Waals surface area contributed by atoms with E-state index in [1.165, 1.54) is 11.3 Å². The lowest BCUT2D eigenvalue weighted by atomic mass is 10.1. The van der Waals surface area contributed by atoms with Gasteiger partial charge in [0.05, 0.1) is 21.4 Å². The Kier molecular flexibility index (Phi) is 5.67. The number of aromatic nitrogens is 3. The van der Waals surface area contributed by atoms with Crippen molar-refractivity contribution in [1.82, 2.24) is 19.3 Å². The third-order valence-electron chi connectivity index (χ3n) is 6.12. The molecule has 0 saturated carbocycles. The lowest BCUT2D eigenvalue weighted by Gasteiger charge is -2.35. The van der Waals surface area contributed by atoms with Gasteiger partial charge in [0.2, 0.25) is 0 Å². The molecule has 3 aromatic heterocycles. The number of para-hydroxylation sites is 1. The lowest BCUT2D eigenvalue weighted by Crippen LogP contribution is -2.47. The van der Waals surface area contributed by atoms with E-state index in [1.807, 2.05) is 43.3 Å². The summed E-state index contributed by atoms with van der Waals surface area (Å²) in [7, 11) is 0. The second kappa shape index (κ2) is 8.77. The van der Waals surface area contributed by atoms with Crippen LogP contribution in [0.2, 0.25) is 0 Å². The zero-order valence-electron chi connectivity index (χ0n) is 18.7. The number of benzene rings is 1. The van der Waals surface area contributed by atoms with Crippen LogP contribution < -0.4 is 10.5 Å². The number of allylic oxidation sites excluding steroid dienone is 1. The summed E-state index contributed by atoms with van der Waals surface area (Å²) in [6, 6.07) is 13.9. The average molecular weight is 457 g/mol. The molecule has 0 unspecified atom stereocenters. The van der Waals surface area contributed by atoms with Crippen LogP contribution >= 0.6 is 11.3 Å². The Morgan fingerprint density at radius 3 is 2.67 bits per heavy atom. The molecular weight excluding hydrogens is 432 g/mol. The molecule has 5 rings (SSSR count). The standard InChI is InChI=1S/C25H24N6OS/c1-3-29-11-13-30(14-12-29)23-19(25(32)31-10-6-7-17(2)22(31)28-23)15-18(16-26)24-27-20-8-4-5-9-21(20)33-24/h4-10,15H,3,11-14H2,1-2H3/b18-15+. The van der Waals surface area contributed by atoms with Crippen molar-refractivity contribution in [3.63, 3.8) is 0 Å². The monoisotopic (exact) mass is 456 g/mol. The van der Waals surface area contributed by atoms with E-state index in [0.29, 0.717) is 27.6 Å². The molecule has 1 aromatic carbocycles.